The molecule has 1 amide bonds. The molecule has 7 heteroatoms. The van der Waals surface area contributed by atoms with Crippen LogP contribution in [0.4, 0.5) is 4.79 Å². The highest BCUT2D eigenvalue weighted by atomic mass is 35.5. The lowest BCUT2D eigenvalue weighted by Crippen LogP contribution is -2.48. The fraction of sp³-hybridized carbons (Fsp3) is 0.462. The number of nitrogens with zero attached hydrogens (tertiary/aromatic N) is 2. The monoisotopic (exact) mass is 469 g/mol. The van der Waals surface area contributed by atoms with Crippen LogP contribution in [0.5, 0.6) is 0 Å². The summed E-state index contributed by atoms with van der Waals surface area (Å²) in [5.74, 6) is 0. The molecule has 0 spiro atoms. The number of rotatable bonds is 5. The number of benzene rings is 2. The van der Waals surface area contributed by atoms with Gasteiger partial charge in [0.1, 0.15) is 5.60 Å². The molecule has 1 aliphatic rings. The van der Waals surface area contributed by atoms with Gasteiger partial charge in [0.25, 0.3) is 0 Å². The number of piperidine rings is 1. The van der Waals surface area contributed by atoms with Crippen molar-refractivity contribution in [2.45, 2.75) is 57.7 Å². The van der Waals surface area contributed by atoms with Gasteiger partial charge in [-0.3, -0.25) is 5.10 Å². The summed E-state index contributed by atoms with van der Waals surface area (Å²) in [7, 11) is 0. The summed E-state index contributed by atoms with van der Waals surface area (Å²) in [5.41, 5.74) is 2.49. The molecule has 1 saturated heterocycles. The van der Waals surface area contributed by atoms with Crippen molar-refractivity contribution in [2.75, 3.05) is 19.7 Å². The Morgan fingerprint density at radius 1 is 1.21 bits per heavy atom. The Kier molecular flexibility index (Phi) is 6.68. The molecule has 1 N–H and O–H groups in total. The van der Waals surface area contributed by atoms with Crippen molar-refractivity contribution in [1.29, 1.82) is 0 Å². The summed E-state index contributed by atoms with van der Waals surface area (Å²) in [6.45, 7) is 9.52. The minimum Gasteiger partial charge on any atom is -0.444 e. The number of carbonyl (C=O) groups excluding carboxylic acids is 1. The molecule has 0 saturated carbocycles. The molecule has 0 aliphatic carbocycles. The van der Waals surface area contributed by atoms with Crippen LogP contribution < -0.4 is 0 Å². The second-order valence-corrected chi connectivity index (χ2v) is 10.3. The van der Waals surface area contributed by atoms with Crippen LogP contribution in [-0.4, -0.2) is 46.5 Å². The quantitative estimate of drug-likeness (QED) is 0.478. The van der Waals surface area contributed by atoms with Crippen LogP contribution in [0.1, 0.15) is 57.8 Å². The molecule has 3 aromatic rings. The number of carbonyl (C=O) groups is 1. The SMILES string of the molecule is C[C@@H](OCC1(c2ccccc2)CCN(C(=O)OC(C)(C)C)CC1)c1cc(Cl)cc2cn[nH]c12. The number of H-pyrrole nitrogens is 1. The van der Waals surface area contributed by atoms with Gasteiger partial charge in [-0.15, -0.1) is 0 Å². The zero-order valence-corrected chi connectivity index (χ0v) is 20.5. The summed E-state index contributed by atoms with van der Waals surface area (Å²) in [6, 6.07) is 14.3. The van der Waals surface area contributed by atoms with Crippen LogP contribution in [0.3, 0.4) is 0 Å². The fourth-order valence-electron chi connectivity index (χ4n) is 4.49. The number of nitrogens with one attached hydrogen (secondary N) is 1. The van der Waals surface area contributed by atoms with Gasteiger partial charge in [0.2, 0.25) is 0 Å². The van der Waals surface area contributed by atoms with Crippen LogP contribution in [0, 0.1) is 0 Å². The topological polar surface area (TPSA) is 67.4 Å². The molecular weight excluding hydrogens is 438 g/mol. The van der Waals surface area contributed by atoms with E-state index in [1.54, 1.807) is 11.1 Å². The molecule has 6 nitrogen and oxygen atoms in total. The number of likely N-dealkylation sites (tertiary alicyclic amines) is 1. The van der Waals surface area contributed by atoms with Gasteiger partial charge in [0.15, 0.2) is 0 Å². The van der Waals surface area contributed by atoms with Crippen LogP contribution in [-0.2, 0) is 14.9 Å². The molecule has 1 aromatic heterocycles. The van der Waals surface area contributed by atoms with Crippen molar-refractivity contribution in [3.05, 3.63) is 64.8 Å². The minimum atomic E-state index is -0.501. The van der Waals surface area contributed by atoms with E-state index in [4.69, 9.17) is 21.1 Å². The Morgan fingerprint density at radius 3 is 2.58 bits per heavy atom. The van der Waals surface area contributed by atoms with Crippen LogP contribution in [0.2, 0.25) is 5.02 Å². The molecule has 0 unspecified atom stereocenters. The van der Waals surface area contributed by atoms with Gasteiger partial charge in [-0.1, -0.05) is 41.9 Å². The molecule has 0 radical (unpaired) electrons. The number of aromatic amines is 1. The highest BCUT2D eigenvalue weighted by molar-refractivity contribution is 6.31. The van der Waals surface area contributed by atoms with Gasteiger partial charge < -0.3 is 14.4 Å². The van der Waals surface area contributed by atoms with E-state index in [2.05, 4.69) is 34.5 Å². The number of ether oxygens (including phenoxy) is 2. The summed E-state index contributed by atoms with van der Waals surface area (Å²) < 4.78 is 12.1. The normalized spacial score (nSPS) is 17.2. The highest BCUT2D eigenvalue weighted by Gasteiger charge is 2.39. The van der Waals surface area contributed by atoms with Gasteiger partial charge in [0, 0.05) is 34.5 Å². The molecular formula is C26H32ClN3O3. The maximum absolute atomic E-state index is 12.6. The largest absolute Gasteiger partial charge is 0.444 e. The molecule has 1 aliphatic heterocycles. The van der Waals surface area contributed by atoms with Crippen LogP contribution >= 0.6 is 11.6 Å². The summed E-state index contributed by atoms with van der Waals surface area (Å²) >= 11 is 6.34. The number of aromatic nitrogens is 2. The van der Waals surface area contributed by atoms with E-state index in [-0.39, 0.29) is 17.6 Å². The number of hydrogen-bond donors (Lipinski definition) is 1. The summed E-state index contributed by atoms with van der Waals surface area (Å²) in [5, 5.41) is 8.86. The van der Waals surface area contributed by atoms with Crippen molar-refractivity contribution in [3.8, 4) is 0 Å². The first kappa shape index (κ1) is 23.6. The van der Waals surface area contributed by atoms with Crippen molar-refractivity contribution in [1.82, 2.24) is 15.1 Å². The van der Waals surface area contributed by atoms with Gasteiger partial charge in [-0.25, -0.2) is 4.79 Å². The van der Waals surface area contributed by atoms with E-state index in [9.17, 15) is 4.79 Å². The van der Waals surface area contributed by atoms with Crippen LogP contribution in [0.15, 0.2) is 48.7 Å². The lowest BCUT2D eigenvalue weighted by Gasteiger charge is -2.42. The van der Waals surface area contributed by atoms with Gasteiger partial charge in [0.05, 0.1) is 24.4 Å². The molecule has 1 atom stereocenters. The number of amides is 1. The van der Waals surface area contributed by atoms with E-state index < -0.39 is 5.60 Å². The smallest absolute Gasteiger partial charge is 0.410 e. The first-order chi connectivity index (χ1) is 15.7. The first-order valence-electron chi connectivity index (χ1n) is 11.4. The molecule has 2 aromatic carbocycles. The molecule has 4 rings (SSSR count). The Labute approximate surface area is 200 Å². The van der Waals surface area contributed by atoms with Crippen molar-refractivity contribution >= 4 is 28.6 Å². The molecule has 2 heterocycles. The Hall–Kier alpha value is -2.57. The lowest BCUT2D eigenvalue weighted by molar-refractivity contribution is -0.00932. The van der Waals surface area contributed by atoms with Gasteiger partial charge in [-0.2, -0.15) is 5.10 Å². The summed E-state index contributed by atoms with van der Waals surface area (Å²) in [6.07, 6.45) is 2.96. The second-order valence-electron chi connectivity index (χ2n) is 9.90. The minimum absolute atomic E-state index is 0.170. The van der Waals surface area contributed by atoms with E-state index >= 15 is 0 Å². The van der Waals surface area contributed by atoms with E-state index in [0.717, 1.165) is 29.3 Å². The molecule has 0 bridgehead atoms. The van der Waals surface area contributed by atoms with Crippen molar-refractivity contribution in [2.24, 2.45) is 0 Å². The number of fused-ring (bicyclic) bond motifs is 1. The van der Waals surface area contributed by atoms with Crippen molar-refractivity contribution in [3.63, 3.8) is 0 Å². The van der Waals surface area contributed by atoms with E-state index in [1.165, 1.54) is 5.56 Å². The standard InChI is InChI=1S/C26H32ClN3O3/c1-18(22-15-21(27)14-19-16-28-29-23(19)22)32-17-26(20-8-6-5-7-9-20)10-12-30(13-11-26)24(31)33-25(2,3)4/h5-9,14-16,18H,10-13,17H2,1-4H3,(H,28,29)/t18-/m1/s1. The van der Waals surface area contributed by atoms with Crippen molar-refractivity contribution < 1.29 is 14.3 Å². The fourth-order valence-corrected chi connectivity index (χ4v) is 4.73. The average molecular weight is 470 g/mol. The third-order valence-electron chi connectivity index (χ3n) is 6.35. The van der Waals surface area contributed by atoms with E-state index in [0.29, 0.717) is 24.7 Å². The first-order valence-corrected chi connectivity index (χ1v) is 11.8. The number of halogens is 1. The Balaban J connectivity index is 1.52. The van der Waals surface area contributed by atoms with Crippen LogP contribution in [0.25, 0.3) is 10.9 Å². The second kappa shape index (κ2) is 9.35. The maximum atomic E-state index is 12.6. The third-order valence-corrected chi connectivity index (χ3v) is 6.57. The molecule has 1 fully saturated rings. The average Bonchev–Trinajstić information content (AvgIpc) is 3.25. The highest BCUT2D eigenvalue weighted by Crippen LogP contribution is 2.38. The Morgan fingerprint density at radius 2 is 1.91 bits per heavy atom. The lowest BCUT2D eigenvalue weighted by atomic mass is 9.73. The van der Waals surface area contributed by atoms with Gasteiger partial charge in [-0.05, 0) is 58.2 Å². The summed E-state index contributed by atoms with van der Waals surface area (Å²) in [4.78, 5) is 14.4. The zero-order valence-electron chi connectivity index (χ0n) is 19.7. The number of hydrogen-bond acceptors (Lipinski definition) is 4. The third kappa shape index (κ3) is 5.33. The predicted octanol–water partition coefficient (Wildman–Crippen LogP) is 6.26. The Bertz CT molecular complexity index is 1100. The molecule has 33 heavy (non-hydrogen) atoms. The van der Waals surface area contributed by atoms with Gasteiger partial charge >= 0.3 is 6.09 Å². The molecule has 176 valence electrons. The van der Waals surface area contributed by atoms with E-state index in [1.807, 2.05) is 45.9 Å². The predicted molar refractivity (Wildman–Crippen MR) is 131 cm³/mol. The zero-order chi connectivity index (χ0) is 23.6. The maximum Gasteiger partial charge on any atom is 0.410 e.